The van der Waals surface area contributed by atoms with Crippen LogP contribution in [0.1, 0.15) is 61.0 Å². The van der Waals surface area contributed by atoms with Gasteiger partial charge in [-0.25, -0.2) is 20.3 Å². The van der Waals surface area contributed by atoms with Gasteiger partial charge in [0, 0.05) is 25.2 Å². The highest BCUT2D eigenvalue weighted by Gasteiger charge is 2.09. The zero-order valence-electron chi connectivity index (χ0n) is 18.9. The molecule has 12 heteroatoms. The second kappa shape index (κ2) is 13.2. The van der Waals surface area contributed by atoms with E-state index in [4.69, 9.17) is 10.4 Å². The third-order valence-electron chi connectivity index (χ3n) is 5.38. The molecule has 1 aromatic carbocycles. The van der Waals surface area contributed by atoms with Crippen LogP contribution in [0.5, 0.6) is 0 Å². The van der Waals surface area contributed by atoms with Crippen molar-refractivity contribution in [2.24, 2.45) is 0 Å². The Morgan fingerprint density at radius 3 is 1.59 bits per heavy atom. The predicted octanol–water partition coefficient (Wildman–Crippen LogP) is 1.40. The molecule has 34 heavy (non-hydrogen) atoms. The van der Waals surface area contributed by atoms with Crippen LogP contribution in [0.3, 0.4) is 0 Å². The summed E-state index contributed by atoms with van der Waals surface area (Å²) in [4.78, 5) is 22.1. The van der Waals surface area contributed by atoms with Gasteiger partial charge < -0.3 is 0 Å². The molecule has 0 aliphatic carbocycles. The molecule has 2 aromatic heterocycles. The van der Waals surface area contributed by atoms with Gasteiger partial charge in [-0.05, 0) is 49.7 Å². The Bertz CT molecular complexity index is 981. The fourth-order valence-corrected chi connectivity index (χ4v) is 3.57. The SMILES string of the molecule is O=C(CCCCc1cn(Cc2ccccc2Cn2cc(CCCCC(=O)NO)nn2)nn1)NO. The smallest absolute Gasteiger partial charge is 0.243 e. The molecule has 4 N–H and O–H groups in total. The van der Waals surface area contributed by atoms with Crippen molar-refractivity contribution in [3.05, 3.63) is 59.2 Å². The molecule has 0 aliphatic rings. The number of nitrogens with one attached hydrogen (secondary N) is 2. The average molecular weight is 471 g/mol. The third kappa shape index (κ3) is 8.05. The van der Waals surface area contributed by atoms with Crippen molar-refractivity contribution in [2.45, 2.75) is 64.5 Å². The van der Waals surface area contributed by atoms with Crippen molar-refractivity contribution in [3.8, 4) is 0 Å². The van der Waals surface area contributed by atoms with Crippen molar-refractivity contribution >= 4 is 11.8 Å². The van der Waals surface area contributed by atoms with Gasteiger partial charge in [0.1, 0.15) is 0 Å². The highest BCUT2D eigenvalue weighted by molar-refractivity contribution is 5.74. The lowest BCUT2D eigenvalue weighted by Gasteiger charge is -2.09. The van der Waals surface area contributed by atoms with Gasteiger partial charge in [0.25, 0.3) is 0 Å². The summed E-state index contributed by atoms with van der Waals surface area (Å²) >= 11 is 0. The summed E-state index contributed by atoms with van der Waals surface area (Å²) in [5.41, 5.74) is 7.19. The molecule has 3 rings (SSSR count). The summed E-state index contributed by atoms with van der Waals surface area (Å²) < 4.78 is 3.59. The second-order valence-electron chi connectivity index (χ2n) is 8.07. The van der Waals surface area contributed by atoms with E-state index in [-0.39, 0.29) is 24.7 Å². The summed E-state index contributed by atoms with van der Waals surface area (Å²) in [6.45, 7) is 1.15. The van der Waals surface area contributed by atoms with Gasteiger partial charge in [-0.2, -0.15) is 0 Å². The molecular weight excluding hydrogens is 440 g/mol. The van der Waals surface area contributed by atoms with Crippen molar-refractivity contribution < 1.29 is 20.0 Å². The summed E-state index contributed by atoms with van der Waals surface area (Å²) in [6.07, 6.45) is 8.71. The van der Waals surface area contributed by atoms with E-state index in [2.05, 4.69) is 20.6 Å². The Morgan fingerprint density at radius 1 is 0.735 bits per heavy atom. The molecule has 2 heterocycles. The molecule has 12 nitrogen and oxygen atoms in total. The average Bonchev–Trinajstić information content (AvgIpc) is 3.49. The van der Waals surface area contributed by atoms with Gasteiger partial charge in [-0.1, -0.05) is 34.7 Å². The van der Waals surface area contributed by atoms with Gasteiger partial charge in [0.2, 0.25) is 11.8 Å². The number of nitrogens with zero attached hydrogens (tertiary/aromatic N) is 6. The monoisotopic (exact) mass is 470 g/mol. The quantitative estimate of drug-likeness (QED) is 0.156. The van der Waals surface area contributed by atoms with Crippen LogP contribution in [0, 0.1) is 0 Å². The van der Waals surface area contributed by atoms with Gasteiger partial charge in [0.15, 0.2) is 0 Å². The first-order valence-corrected chi connectivity index (χ1v) is 11.3. The molecule has 0 radical (unpaired) electrons. The van der Waals surface area contributed by atoms with E-state index >= 15 is 0 Å². The Labute approximate surface area is 196 Å². The molecule has 0 saturated heterocycles. The standard InChI is InChI=1S/C22H30N8O4/c31-21(25-33)11-5-3-9-19-15-29(27-23-19)13-17-7-1-2-8-18(17)14-30-16-20(24-28-30)10-4-6-12-22(32)26-34/h1-2,7-8,15-16,33-34H,3-6,9-14H2,(H,25,31)(H,26,32). The van der Waals surface area contributed by atoms with Gasteiger partial charge in [-0.15, -0.1) is 10.2 Å². The van der Waals surface area contributed by atoms with E-state index in [1.807, 2.05) is 36.7 Å². The van der Waals surface area contributed by atoms with Crippen LogP contribution in [0.25, 0.3) is 0 Å². The van der Waals surface area contributed by atoms with Gasteiger partial charge in [0.05, 0.1) is 24.5 Å². The Morgan fingerprint density at radius 2 is 1.18 bits per heavy atom. The number of unbranched alkanes of at least 4 members (excludes halogenated alkanes) is 2. The largest absolute Gasteiger partial charge is 0.289 e. The number of amides is 2. The van der Waals surface area contributed by atoms with Gasteiger partial charge >= 0.3 is 0 Å². The summed E-state index contributed by atoms with van der Waals surface area (Å²) in [6, 6.07) is 8.07. The lowest BCUT2D eigenvalue weighted by Crippen LogP contribution is -2.17. The van der Waals surface area contributed by atoms with Crippen molar-refractivity contribution in [1.82, 2.24) is 40.9 Å². The highest BCUT2D eigenvalue weighted by atomic mass is 16.5. The minimum absolute atomic E-state index is 0.281. The predicted molar refractivity (Wildman–Crippen MR) is 120 cm³/mol. The maximum Gasteiger partial charge on any atom is 0.243 e. The number of aryl methyl sites for hydroxylation is 2. The molecule has 182 valence electrons. The molecule has 0 atom stereocenters. The molecule has 0 fully saturated rings. The van der Waals surface area contributed by atoms with Crippen LogP contribution in [0.4, 0.5) is 0 Å². The fraction of sp³-hybridized carbons (Fsp3) is 0.455. The first-order chi connectivity index (χ1) is 16.6. The first kappa shape index (κ1) is 25.0. The van der Waals surface area contributed by atoms with Crippen LogP contribution in [0.15, 0.2) is 36.7 Å². The van der Waals surface area contributed by atoms with Crippen LogP contribution < -0.4 is 11.0 Å². The Hall–Kier alpha value is -3.64. The van der Waals surface area contributed by atoms with Crippen LogP contribution in [-0.4, -0.2) is 52.2 Å². The number of hydroxylamine groups is 2. The fourth-order valence-electron chi connectivity index (χ4n) is 3.57. The molecule has 2 amide bonds. The first-order valence-electron chi connectivity index (χ1n) is 11.3. The van der Waals surface area contributed by atoms with Crippen LogP contribution in [-0.2, 0) is 35.5 Å². The number of benzene rings is 1. The molecule has 3 aromatic rings. The molecule has 0 bridgehead atoms. The number of rotatable bonds is 14. The van der Waals surface area contributed by atoms with Crippen LogP contribution >= 0.6 is 0 Å². The lowest BCUT2D eigenvalue weighted by atomic mass is 10.1. The lowest BCUT2D eigenvalue weighted by molar-refractivity contribution is -0.129. The van der Waals surface area contributed by atoms with E-state index in [0.717, 1.165) is 35.4 Å². The minimum Gasteiger partial charge on any atom is -0.289 e. The maximum atomic E-state index is 11.1. The Kier molecular flexibility index (Phi) is 9.67. The number of aromatic nitrogens is 6. The molecule has 0 saturated carbocycles. The second-order valence-corrected chi connectivity index (χ2v) is 8.07. The number of carbonyl (C=O) groups excluding carboxylic acids is 2. The minimum atomic E-state index is -0.383. The Balaban J connectivity index is 1.51. The third-order valence-corrected chi connectivity index (χ3v) is 5.38. The molecule has 0 unspecified atom stereocenters. The summed E-state index contributed by atoms with van der Waals surface area (Å²) in [5, 5.41) is 33.9. The summed E-state index contributed by atoms with van der Waals surface area (Å²) in [5.74, 6) is -0.765. The number of carbonyl (C=O) groups is 2. The highest BCUT2D eigenvalue weighted by Crippen LogP contribution is 2.13. The molecule has 0 aliphatic heterocycles. The van der Waals surface area contributed by atoms with Crippen molar-refractivity contribution in [3.63, 3.8) is 0 Å². The van der Waals surface area contributed by atoms with E-state index in [9.17, 15) is 9.59 Å². The van der Waals surface area contributed by atoms with Crippen molar-refractivity contribution in [2.75, 3.05) is 0 Å². The number of hydrogen-bond donors (Lipinski definition) is 4. The maximum absolute atomic E-state index is 11.1. The zero-order valence-corrected chi connectivity index (χ0v) is 18.9. The van der Waals surface area contributed by atoms with E-state index in [1.54, 1.807) is 20.3 Å². The number of hydrogen-bond acceptors (Lipinski definition) is 8. The molecule has 0 spiro atoms. The molecular formula is C22H30N8O4. The summed E-state index contributed by atoms with van der Waals surface area (Å²) in [7, 11) is 0. The van der Waals surface area contributed by atoms with Crippen molar-refractivity contribution in [1.29, 1.82) is 0 Å². The van der Waals surface area contributed by atoms with Gasteiger partial charge in [-0.3, -0.25) is 20.0 Å². The normalized spacial score (nSPS) is 10.9. The van der Waals surface area contributed by atoms with E-state index < -0.39 is 0 Å². The van der Waals surface area contributed by atoms with Crippen LogP contribution in [0.2, 0.25) is 0 Å². The topological polar surface area (TPSA) is 160 Å². The van der Waals surface area contributed by atoms with E-state index in [0.29, 0.717) is 38.8 Å². The van der Waals surface area contributed by atoms with E-state index in [1.165, 1.54) is 0 Å². The zero-order chi connectivity index (χ0) is 24.2.